The Morgan fingerprint density at radius 2 is 1.79 bits per heavy atom. The quantitative estimate of drug-likeness (QED) is 0.745. The first-order valence-corrected chi connectivity index (χ1v) is 10.0. The lowest BCUT2D eigenvalue weighted by Gasteiger charge is -2.39. The van der Waals surface area contributed by atoms with Gasteiger partial charge in [-0.3, -0.25) is 14.5 Å². The van der Waals surface area contributed by atoms with Crippen LogP contribution < -0.4 is 4.74 Å². The zero-order chi connectivity index (χ0) is 20.8. The maximum atomic E-state index is 13.0. The third-order valence-corrected chi connectivity index (χ3v) is 5.49. The average Bonchev–Trinajstić information content (AvgIpc) is 2.74. The number of methoxy groups -OCH3 is 1. The summed E-state index contributed by atoms with van der Waals surface area (Å²) in [4.78, 5) is 28.2. The van der Waals surface area contributed by atoms with Crippen LogP contribution in [0.5, 0.6) is 5.75 Å². The first-order valence-electron chi connectivity index (χ1n) is 9.63. The van der Waals surface area contributed by atoms with Crippen molar-refractivity contribution in [1.82, 2.24) is 9.80 Å². The average molecular weight is 417 g/mol. The molecule has 154 valence electrons. The molecule has 1 heterocycles. The number of ether oxygens (including phenoxy) is 1. The van der Waals surface area contributed by atoms with Gasteiger partial charge in [0.1, 0.15) is 5.75 Å². The van der Waals surface area contributed by atoms with E-state index in [-0.39, 0.29) is 18.4 Å². The Balaban J connectivity index is 1.70. The van der Waals surface area contributed by atoms with E-state index in [4.69, 9.17) is 21.4 Å². The molecule has 1 saturated heterocycles. The number of piperazine rings is 1. The Labute approximate surface area is 175 Å². The van der Waals surface area contributed by atoms with Crippen LogP contribution in [0.4, 0.5) is 0 Å². The predicted octanol–water partition coefficient (Wildman–Crippen LogP) is 3.71. The molecule has 0 radical (unpaired) electrons. The summed E-state index contributed by atoms with van der Waals surface area (Å²) in [5.74, 6) is -0.399. The van der Waals surface area contributed by atoms with Gasteiger partial charge >= 0.3 is 5.97 Å². The molecule has 0 aliphatic carbocycles. The van der Waals surface area contributed by atoms with E-state index in [1.165, 1.54) is 7.11 Å². The number of benzene rings is 2. The number of rotatable bonds is 7. The molecule has 3 rings (SSSR count). The molecular formula is C22H25ClN2O4. The molecule has 6 nitrogen and oxygen atoms in total. The van der Waals surface area contributed by atoms with Crippen LogP contribution in [-0.4, -0.2) is 60.1 Å². The van der Waals surface area contributed by atoms with Crippen LogP contribution in [-0.2, 0) is 4.79 Å². The minimum atomic E-state index is -0.798. The number of carboxylic acid groups (broad SMARTS) is 1. The van der Waals surface area contributed by atoms with Gasteiger partial charge in [0.25, 0.3) is 5.91 Å². The van der Waals surface area contributed by atoms with Crippen LogP contribution >= 0.6 is 11.6 Å². The summed E-state index contributed by atoms with van der Waals surface area (Å²) < 4.78 is 5.31. The zero-order valence-corrected chi connectivity index (χ0v) is 17.1. The van der Waals surface area contributed by atoms with Gasteiger partial charge in [0.2, 0.25) is 0 Å². The van der Waals surface area contributed by atoms with Crippen molar-refractivity contribution in [2.75, 3.05) is 33.3 Å². The van der Waals surface area contributed by atoms with Gasteiger partial charge in [-0.25, -0.2) is 0 Å². The monoisotopic (exact) mass is 416 g/mol. The third-order valence-electron chi connectivity index (χ3n) is 5.25. The van der Waals surface area contributed by atoms with E-state index in [9.17, 15) is 9.59 Å². The fourth-order valence-electron chi connectivity index (χ4n) is 3.75. The minimum Gasteiger partial charge on any atom is -0.496 e. The summed E-state index contributed by atoms with van der Waals surface area (Å²) in [6.07, 6.45) is 0.647. The summed E-state index contributed by atoms with van der Waals surface area (Å²) >= 11 is 6.07. The molecule has 0 saturated carbocycles. The molecular weight excluding hydrogens is 392 g/mol. The molecule has 1 aliphatic heterocycles. The van der Waals surface area contributed by atoms with Crippen LogP contribution in [0.1, 0.15) is 34.8 Å². The molecule has 0 aromatic heterocycles. The van der Waals surface area contributed by atoms with E-state index in [2.05, 4.69) is 4.90 Å². The van der Waals surface area contributed by atoms with Gasteiger partial charge in [0.15, 0.2) is 0 Å². The first-order chi connectivity index (χ1) is 14.0. The van der Waals surface area contributed by atoms with Crippen molar-refractivity contribution >= 4 is 23.5 Å². The summed E-state index contributed by atoms with van der Waals surface area (Å²) in [7, 11) is 1.53. The maximum Gasteiger partial charge on any atom is 0.303 e. The lowest BCUT2D eigenvalue weighted by molar-refractivity contribution is -0.137. The van der Waals surface area contributed by atoms with Crippen LogP contribution in [0, 0.1) is 0 Å². The summed E-state index contributed by atoms with van der Waals surface area (Å²) in [5.41, 5.74) is 1.56. The minimum absolute atomic E-state index is 0.0188. The summed E-state index contributed by atoms with van der Waals surface area (Å²) in [6, 6.07) is 15.0. The van der Waals surface area contributed by atoms with Crippen molar-refractivity contribution in [1.29, 1.82) is 0 Å². The van der Waals surface area contributed by atoms with E-state index in [1.807, 2.05) is 30.3 Å². The van der Waals surface area contributed by atoms with Crippen molar-refractivity contribution < 1.29 is 19.4 Å². The second kappa shape index (κ2) is 9.76. The van der Waals surface area contributed by atoms with Crippen LogP contribution in [0.2, 0.25) is 5.02 Å². The molecule has 1 aliphatic rings. The number of carboxylic acids is 1. The molecule has 2 aromatic carbocycles. The molecule has 1 atom stereocenters. The number of aliphatic carboxylic acids is 1. The Kier molecular flexibility index (Phi) is 7.12. The lowest BCUT2D eigenvalue weighted by Crippen LogP contribution is -2.49. The van der Waals surface area contributed by atoms with Gasteiger partial charge in [0.05, 0.1) is 12.7 Å². The maximum absolute atomic E-state index is 13.0. The van der Waals surface area contributed by atoms with Gasteiger partial charge in [0, 0.05) is 43.7 Å². The predicted molar refractivity (Wildman–Crippen MR) is 112 cm³/mol. The number of hydrogen-bond acceptors (Lipinski definition) is 4. The van der Waals surface area contributed by atoms with Crippen LogP contribution in [0.25, 0.3) is 0 Å². The highest BCUT2D eigenvalue weighted by Crippen LogP contribution is 2.28. The SMILES string of the molecule is COc1ccc(Cl)cc1C(=O)N1CCN([C@@H](CCC(=O)O)c2ccccc2)CC1. The largest absolute Gasteiger partial charge is 0.496 e. The van der Waals surface area contributed by atoms with E-state index in [0.29, 0.717) is 48.9 Å². The van der Waals surface area contributed by atoms with Gasteiger partial charge in [-0.05, 0) is 30.2 Å². The van der Waals surface area contributed by atoms with Gasteiger partial charge in [-0.2, -0.15) is 0 Å². The molecule has 0 bridgehead atoms. The van der Waals surface area contributed by atoms with Gasteiger partial charge in [-0.1, -0.05) is 41.9 Å². The van der Waals surface area contributed by atoms with Crippen molar-refractivity contribution in [3.8, 4) is 5.75 Å². The standard InChI is InChI=1S/C22H25ClN2O4/c1-29-20-9-7-17(23)15-18(20)22(28)25-13-11-24(12-14-25)19(8-10-21(26)27)16-5-3-2-4-6-16/h2-7,9,15,19H,8,10-14H2,1H3,(H,26,27)/t19-/m0/s1. The Bertz CT molecular complexity index is 851. The highest BCUT2D eigenvalue weighted by atomic mass is 35.5. The number of halogens is 1. The number of nitrogens with zero attached hydrogens (tertiary/aromatic N) is 2. The van der Waals surface area contributed by atoms with Gasteiger partial charge < -0.3 is 14.7 Å². The molecule has 0 spiro atoms. The molecule has 1 amide bonds. The van der Waals surface area contributed by atoms with E-state index in [0.717, 1.165) is 5.56 Å². The van der Waals surface area contributed by atoms with E-state index < -0.39 is 5.97 Å². The Hall–Kier alpha value is -2.57. The number of carbonyl (C=O) groups excluding carboxylic acids is 1. The highest BCUT2D eigenvalue weighted by Gasteiger charge is 2.29. The van der Waals surface area contributed by atoms with Crippen molar-refractivity contribution in [2.24, 2.45) is 0 Å². The van der Waals surface area contributed by atoms with Crippen molar-refractivity contribution in [2.45, 2.75) is 18.9 Å². The second-order valence-corrected chi connectivity index (χ2v) is 7.47. The third kappa shape index (κ3) is 5.28. The molecule has 1 N–H and O–H groups in total. The molecule has 7 heteroatoms. The van der Waals surface area contributed by atoms with E-state index >= 15 is 0 Å². The zero-order valence-electron chi connectivity index (χ0n) is 16.4. The lowest BCUT2D eigenvalue weighted by atomic mass is 9.99. The molecule has 1 fully saturated rings. The van der Waals surface area contributed by atoms with Gasteiger partial charge in [-0.15, -0.1) is 0 Å². The summed E-state index contributed by atoms with van der Waals surface area (Å²) in [5, 5.41) is 9.62. The second-order valence-electron chi connectivity index (χ2n) is 7.03. The van der Waals surface area contributed by atoms with Crippen molar-refractivity contribution in [3.05, 3.63) is 64.7 Å². The van der Waals surface area contributed by atoms with Crippen molar-refractivity contribution in [3.63, 3.8) is 0 Å². The fraction of sp³-hybridized carbons (Fsp3) is 0.364. The highest BCUT2D eigenvalue weighted by molar-refractivity contribution is 6.31. The number of amides is 1. The normalized spacial score (nSPS) is 15.7. The van der Waals surface area contributed by atoms with Crippen LogP contribution in [0.3, 0.4) is 0 Å². The Morgan fingerprint density at radius 1 is 1.10 bits per heavy atom. The molecule has 0 unspecified atom stereocenters. The first kappa shape index (κ1) is 21.1. The molecule has 2 aromatic rings. The van der Waals surface area contributed by atoms with Crippen LogP contribution in [0.15, 0.2) is 48.5 Å². The fourth-order valence-corrected chi connectivity index (χ4v) is 3.92. The summed E-state index contributed by atoms with van der Waals surface area (Å²) in [6.45, 7) is 2.47. The number of hydrogen-bond donors (Lipinski definition) is 1. The smallest absolute Gasteiger partial charge is 0.303 e. The molecule has 29 heavy (non-hydrogen) atoms. The topological polar surface area (TPSA) is 70.1 Å². The van der Waals surface area contributed by atoms with E-state index in [1.54, 1.807) is 23.1 Å². The number of carbonyl (C=O) groups is 2. The Morgan fingerprint density at radius 3 is 2.41 bits per heavy atom.